The quantitative estimate of drug-likeness (QED) is 0.760. The molecule has 5 heteroatoms. The lowest BCUT2D eigenvalue weighted by Gasteiger charge is -2.23. The molecule has 0 saturated heterocycles. The van der Waals surface area contributed by atoms with E-state index in [0.29, 0.717) is 0 Å². The van der Waals surface area contributed by atoms with E-state index in [-0.39, 0.29) is 12.1 Å². The molecule has 0 fully saturated rings. The summed E-state index contributed by atoms with van der Waals surface area (Å²) in [6.07, 6.45) is 2.75. The summed E-state index contributed by atoms with van der Waals surface area (Å²) in [6, 6.07) is 11.9. The maximum atomic E-state index is 6.20. The minimum Gasteiger partial charge on any atom is -0.483 e. The summed E-state index contributed by atoms with van der Waals surface area (Å²) >= 11 is 9.25. The number of thioether (sulfide) groups is 1. The molecule has 20 heavy (non-hydrogen) atoms. The van der Waals surface area contributed by atoms with Gasteiger partial charge in [0.25, 0.3) is 0 Å². The van der Waals surface area contributed by atoms with Gasteiger partial charge in [-0.15, -0.1) is 23.1 Å². The second kappa shape index (κ2) is 7.36. The zero-order valence-corrected chi connectivity index (χ0v) is 13.9. The molecule has 1 aromatic carbocycles. The largest absolute Gasteiger partial charge is 0.483 e. The minimum atomic E-state index is -0.155. The van der Waals surface area contributed by atoms with E-state index in [1.165, 1.54) is 16.2 Å². The van der Waals surface area contributed by atoms with Gasteiger partial charge in [0.1, 0.15) is 11.9 Å². The summed E-state index contributed by atoms with van der Waals surface area (Å²) in [6.45, 7) is 2.06. The van der Waals surface area contributed by atoms with Crippen LogP contribution in [0.15, 0.2) is 41.3 Å². The number of nitrogens with two attached hydrogens (primary N) is 1. The molecule has 108 valence electrons. The van der Waals surface area contributed by atoms with Crippen molar-refractivity contribution in [1.29, 1.82) is 0 Å². The third kappa shape index (κ3) is 3.92. The van der Waals surface area contributed by atoms with Crippen LogP contribution in [0.1, 0.15) is 24.3 Å². The molecule has 0 aliphatic carbocycles. The van der Waals surface area contributed by atoms with Crippen molar-refractivity contribution in [3.05, 3.63) is 45.6 Å². The first kappa shape index (κ1) is 15.7. The van der Waals surface area contributed by atoms with E-state index in [2.05, 4.69) is 25.3 Å². The number of hydrogen-bond donors (Lipinski definition) is 1. The lowest BCUT2D eigenvalue weighted by molar-refractivity contribution is 0.174. The highest BCUT2D eigenvalue weighted by Crippen LogP contribution is 2.33. The molecule has 0 radical (unpaired) electrons. The molecular weight excluding hydrogens is 310 g/mol. The Labute approximate surface area is 133 Å². The summed E-state index contributed by atoms with van der Waals surface area (Å²) < 4.78 is 6.84. The number of benzene rings is 1. The van der Waals surface area contributed by atoms with Gasteiger partial charge in [0.2, 0.25) is 0 Å². The summed E-state index contributed by atoms with van der Waals surface area (Å²) in [5, 5.41) is 0. The molecular formula is C15H18ClNOS2. The molecule has 1 aromatic heterocycles. The highest BCUT2D eigenvalue weighted by atomic mass is 35.5. The van der Waals surface area contributed by atoms with Crippen molar-refractivity contribution in [2.45, 2.75) is 30.4 Å². The van der Waals surface area contributed by atoms with Crippen molar-refractivity contribution in [3.63, 3.8) is 0 Å². The van der Waals surface area contributed by atoms with Crippen LogP contribution in [-0.2, 0) is 0 Å². The number of thiophene rings is 1. The van der Waals surface area contributed by atoms with Crippen LogP contribution >= 0.6 is 34.7 Å². The topological polar surface area (TPSA) is 35.2 Å². The Hall–Kier alpha value is -0.680. The number of ether oxygens (including phenoxy) is 1. The molecule has 0 spiro atoms. The average molecular weight is 328 g/mol. The smallest absolute Gasteiger partial charge is 0.148 e. The van der Waals surface area contributed by atoms with Crippen LogP contribution < -0.4 is 10.5 Å². The van der Waals surface area contributed by atoms with E-state index in [4.69, 9.17) is 22.1 Å². The second-order valence-electron chi connectivity index (χ2n) is 4.43. The predicted octanol–water partition coefficient (Wildman–Crippen LogP) is 4.98. The first-order valence-electron chi connectivity index (χ1n) is 6.45. The van der Waals surface area contributed by atoms with Gasteiger partial charge >= 0.3 is 0 Å². The van der Waals surface area contributed by atoms with Gasteiger partial charge in [0, 0.05) is 15.8 Å². The highest BCUT2D eigenvalue weighted by Gasteiger charge is 2.22. The fraction of sp³-hybridized carbons (Fsp3) is 0.333. The Balaban J connectivity index is 2.18. The Morgan fingerprint density at radius 1 is 1.25 bits per heavy atom. The van der Waals surface area contributed by atoms with Crippen LogP contribution in [0.4, 0.5) is 0 Å². The number of hydrogen-bond acceptors (Lipinski definition) is 4. The molecule has 2 unspecified atom stereocenters. The summed E-state index contributed by atoms with van der Waals surface area (Å²) in [7, 11) is 0. The maximum Gasteiger partial charge on any atom is 0.148 e. The zero-order chi connectivity index (χ0) is 14.5. The Bertz CT molecular complexity index is 541. The molecule has 0 aliphatic rings. The van der Waals surface area contributed by atoms with Gasteiger partial charge in [-0.1, -0.05) is 18.5 Å². The minimum absolute atomic E-state index is 0.0510. The van der Waals surface area contributed by atoms with Crippen molar-refractivity contribution < 1.29 is 4.74 Å². The van der Waals surface area contributed by atoms with Crippen molar-refractivity contribution >= 4 is 34.7 Å². The lowest BCUT2D eigenvalue weighted by atomic mass is 10.1. The predicted molar refractivity (Wildman–Crippen MR) is 89.2 cm³/mol. The first-order valence-corrected chi connectivity index (χ1v) is 8.87. The molecule has 0 saturated carbocycles. The van der Waals surface area contributed by atoms with Gasteiger partial charge in [-0.3, -0.25) is 0 Å². The van der Waals surface area contributed by atoms with Gasteiger partial charge in [-0.05, 0) is 49.1 Å². The standard InChI is InChI=1S/C15H18ClNOS2/c1-3-12(17)15(13-8-9-14(16)20-13)18-10-4-6-11(19-2)7-5-10/h4-9,12,15H,3,17H2,1-2H3. The van der Waals surface area contributed by atoms with Crippen LogP contribution in [0.3, 0.4) is 0 Å². The zero-order valence-electron chi connectivity index (χ0n) is 11.5. The fourth-order valence-corrected chi connectivity index (χ4v) is 3.43. The van der Waals surface area contributed by atoms with E-state index in [9.17, 15) is 0 Å². The van der Waals surface area contributed by atoms with E-state index in [1.807, 2.05) is 24.3 Å². The second-order valence-corrected chi connectivity index (χ2v) is 7.05. The molecule has 0 aliphatic heterocycles. The normalized spacial score (nSPS) is 14.0. The number of rotatable bonds is 6. The van der Waals surface area contributed by atoms with E-state index in [0.717, 1.165) is 21.4 Å². The van der Waals surface area contributed by atoms with E-state index >= 15 is 0 Å². The molecule has 2 nitrogen and oxygen atoms in total. The van der Waals surface area contributed by atoms with Crippen molar-refractivity contribution in [3.8, 4) is 5.75 Å². The van der Waals surface area contributed by atoms with Crippen molar-refractivity contribution in [2.75, 3.05) is 6.26 Å². The first-order chi connectivity index (χ1) is 9.63. The summed E-state index contributed by atoms with van der Waals surface area (Å²) in [5.41, 5.74) is 6.20. The monoisotopic (exact) mass is 327 g/mol. The van der Waals surface area contributed by atoms with Crippen molar-refractivity contribution in [2.24, 2.45) is 5.73 Å². The average Bonchev–Trinajstić information content (AvgIpc) is 2.91. The van der Waals surface area contributed by atoms with Crippen LogP contribution in [0, 0.1) is 0 Å². The Kier molecular flexibility index (Phi) is 5.78. The molecule has 0 bridgehead atoms. The molecule has 2 aromatic rings. The van der Waals surface area contributed by atoms with Crippen LogP contribution in [-0.4, -0.2) is 12.3 Å². The SMILES string of the molecule is CCC(N)C(Oc1ccc(SC)cc1)c1ccc(Cl)s1. The Morgan fingerprint density at radius 2 is 1.95 bits per heavy atom. The molecule has 0 amide bonds. The van der Waals surface area contributed by atoms with Crippen LogP contribution in [0.2, 0.25) is 4.34 Å². The molecule has 2 N–H and O–H groups in total. The van der Waals surface area contributed by atoms with Gasteiger partial charge in [0.15, 0.2) is 0 Å². The van der Waals surface area contributed by atoms with Gasteiger partial charge in [-0.2, -0.15) is 0 Å². The third-order valence-corrected chi connectivity index (χ3v) is 5.09. The van der Waals surface area contributed by atoms with Gasteiger partial charge in [-0.25, -0.2) is 0 Å². The lowest BCUT2D eigenvalue weighted by Crippen LogP contribution is -2.30. The van der Waals surface area contributed by atoms with Crippen LogP contribution in [0.25, 0.3) is 0 Å². The summed E-state index contributed by atoms with van der Waals surface area (Å²) in [4.78, 5) is 2.28. The molecule has 2 rings (SSSR count). The Morgan fingerprint density at radius 3 is 2.45 bits per heavy atom. The van der Waals surface area contributed by atoms with Crippen molar-refractivity contribution in [1.82, 2.24) is 0 Å². The van der Waals surface area contributed by atoms with E-state index < -0.39 is 0 Å². The number of halogens is 1. The molecule has 2 atom stereocenters. The fourth-order valence-electron chi connectivity index (χ4n) is 1.85. The van der Waals surface area contributed by atoms with Crippen LogP contribution in [0.5, 0.6) is 5.75 Å². The van der Waals surface area contributed by atoms with Gasteiger partial charge < -0.3 is 10.5 Å². The summed E-state index contributed by atoms with van der Waals surface area (Å²) in [5.74, 6) is 0.834. The highest BCUT2D eigenvalue weighted by molar-refractivity contribution is 7.98. The third-order valence-electron chi connectivity index (χ3n) is 3.06. The van der Waals surface area contributed by atoms with E-state index in [1.54, 1.807) is 11.8 Å². The van der Waals surface area contributed by atoms with Gasteiger partial charge in [0.05, 0.1) is 4.34 Å². The molecule has 1 heterocycles. The maximum absolute atomic E-state index is 6.20.